The van der Waals surface area contributed by atoms with Gasteiger partial charge in [-0.05, 0) is 43.0 Å². The van der Waals surface area contributed by atoms with Crippen LogP contribution in [-0.2, 0) is 0 Å². The number of hydrogen-bond acceptors (Lipinski definition) is 4. The van der Waals surface area contributed by atoms with E-state index in [-0.39, 0.29) is 0 Å². The number of pyridine rings is 1. The maximum absolute atomic E-state index is 8.77. The van der Waals surface area contributed by atoms with Crippen LogP contribution in [0.2, 0.25) is 0 Å². The van der Waals surface area contributed by atoms with Crippen LogP contribution in [0.15, 0.2) is 83.9 Å². The quantitative estimate of drug-likeness (QED) is 0.490. The van der Waals surface area contributed by atoms with E-state index in [9.17, 15) is 0 Å². The Bertz CT molecular complexity index is 854. The zero-order valence-corrected chi connectivity index (χ0v) is 15.2. The molecular formula is C21H21N3S. The average molecular weight is 347 g/mol. The standard InChI is InChI=1S/C21H21N3S/c1-4-6-10-16(5-2)20(21(23)18-12-9-14-25-18)19(15(3)22)17-11-7-8-13-24-17/h4-14,22-23H,1H2,2-3H3/b10-6-,16-5+,20-19+,22-15?,23-21?. The van der Waals surface area contributed by atoms with Crippen molar-refractivity contribution in [2.45, 2.75) is 13.8 Å². The molecule has 0 aliphatic heterocycles. The van der Waals surface area contributed by atoms with Gasteiger partial charge in [-0.2, -0.15) is 0 Å². The third-order valence-corrected chi connectivity index (χ3v) is 4.46. The summed E-state index contributed by atoms with van der Waals surface area (Å²) in [6.07, 6.45) is 9.11. The van der Waals surface area contributed by atoms with Gasteiger partial charge in [0, 0.05) is 23.1 Å². The van der Waals surface area contributed by atoms with E-state index in [2.05, 4.69) is 11.6 Å². The van der Waals surface area contributed by atoms with Crippen molar-refractivity contribution in [1.29, 1.82) is 10.8 Å². The van der Waals surface area contributed by atoms with Gasteiger partial charge >= 0.3 is 0 Å². The fourth-order valence-corrected chi connectivity index (χ4v) is 3.15. The Morgan fingerprint density at radius 1 is 1.20 bits per heavy atom. The smallest absolute Gasteiger partial charge is 0.0797 e. The minimum atomic E-state index is 0.376. The summed E-state index contributed by atoms with van der Waals surface area (Å²) in [5, 5.41) is 19.0. The number of aromatic nitrogens is 1. The van der Waals surface area contributed by atoms with Crippen LogP contribution in [0, 0.1) is 10.8 Å². The number of allylic oxidation sites excluding steroid dienone is 7. The highest BCUT2D eigenvalue weighted by atomic mass is 32.1. The molecule has 2 heterocycles. The largest absolute Gasteiger partial charge is 0.305 e. The molecule has 0 amide bonds. The highest BCUT2D eigenvalue weighted by Gasteiger charge is 2.20. The van der Waals surface area contributed by atoms with Gasteiger partial charge in [-0.1, -0.05) is 43.0 Å². The molecule has 2 rings (SSSR count). The van der Waals surface area contributed by atoms with Gasteiger partial charge in [-0.3, -0.25) is 10.4 Å². The molecule has 0 aliphatic carbocycles. The van der Waals surface area contributed by atoms with Gasteiger partial charge < -0.3 is 5.41 Å². The zero-order valence-electron chi connectivity index (χ0n) is 14.4. The maximum Gasteiger partial charge on any atom is 0.0797 e. The van der Waals surface area contributed by atoms with Crippen LogP contribution in [0.25, 0.3) is 5.57 Å². The van der Waals surface area contributed by atoms with Crippen LogP contribution in [-0.4, -0.2) is 16.4 Å². The summed E-state index contributed by atoms with van der Waals surface area (Å²) in [4.78, 5) is 5.28. The fourth-order valence-electron chi connectivity index (χ4n) is 2.47. The molecule has 0 bridgehead atoms. The molecule has 0 atom stereocenters. The average Bonchev–Trinajstić information content (AvgIpc) is 3.16. The van der Waals surface area contributed by atoms with E-state index in [4.69, 9.17) is 10.8 Å². The Morgan fingerprint density at radius 3 is 2.52 bits per heavy atom. The number of nitrogens with zero attached hydrogens (tertiary/aromatic N) is 1. The predicted octanol–water partition coefficient (Wildman–Crippen LogP) is 5.69. The summed E-state index contributed by atoms with van der Waals surface area (Å²) in [5.74, 6) is 0. The molecule has 4 heteroatoms. The first-order valence-electron chi connectivity index (χ1n) is 7.90. The van der Waals surface area contributed by atoms with E-state index in [1.807, 2.05) is 60.9 Å². The van der Waals surface area contributed by atoms with E-state index in [0.29, 0.717) is 28.3 Å². The summed E-state index contributed by atoms with van der Waals surface area (Å²) in [6, 6.07) is 9.47. The molecule has 2 aromatic heterocycles. The second-order valence-corrected chi connectivity index (χ2v) is 6.23. The van der Waals surface area contributed by atoms with Crippen LogP contribution < -0.4 is 0 Å². The molecule has 25 heavy (non-hydrogen) atoms. The van der Waals surface area contributed by atoms with Crippen molar-refractivity contribution in [3.8, 4) is 0 Å². The van der Waals surface area contributed by atoms with Crippen molar-refractivity contribution >= 4 is 28.3 Å². The van der Waals surface area contributed by atoms with E-state index >= 15 is 0 Å². The molecule has 0 radical (unpaired) electrons. The van der Waals surface area contributed by atoms with Crippen molar-refractivity contribution in [1.82, 2.24) is 4.98 Å². The van der Waals surface area contributed by atoms with E-state index in [1.165, 1.54) is 11.3 Å². The van der Waals surface area contributed by atoms with Crippen molar-refractivity contribution < 1.29 is 0 Å². The van der Waals surface area contributed by atoms with Crippen molar-refractivity contribution in [2.75, 3.05) is 0 Å². The second-order valence-electron chi connectivity index (χ2n) is 5.28. The normalized spacial score (nSPS) is 12.8. The third-order valence-electron chi connectivity index (χ3n) is 3.58. The molecule has 0 saturated carbocycles. The summed E-state index contributed by atoms with van der Waals surface area (Å²) in [6.45, 7) is 7.39. The van der Waals surface area contributed by atoms with Crippen LogP contribution in [0.1, 0.15) is 24.4 Å². The molecule has 0 fully saturated rings. The maximum atomic E-state index is 8.77. The summed E-state index contributed by atoms with van der Waals surface area (Å²) >= 11 is 1.51. The molecule has 3 nitrogen and oxygen atoms in total. The molecule has 0 spiro atoms. The Labute approximate surface area is 152 Å². The fraction of sp³-hybridized carbons (Fsp3) is 0.0952. The van der Waals surface area contributed by atoms with Crippen molar-refractivity contribution in [2.24, 2.45) is 0 Å². The Balaban J connectivity index is 2.79. The molecule has 0 aliphatic rings. The van der Waals surface area contributed by atoms with Crippen LogP contribution >= 0.6 is 11.3 Å². The van der Waals surface area contributed by atoms with E-state index in [1.54, 1.807) is 19.2 Å². The first kappa shape index (κ1) is 18.5. The molecule has 0 unspecified atom stereocenters. The van der Waals surface area contributed by atoms with Crippen LogP contribution in [0.3, 0.4) is 0 Å². The zero-order chi connectivity index (χ0) is 18.2. The number of rotatable bonds is 7. The van der Waals surface area contributed by atoms with Crippen molar-refractivity contribution in [3.05, 3.63) is 94.5 Å². The highest BCUT2D eigenvalue weighted by molar-refractivity contribution is 7.12. The van der Waals surface area contributed by atoms with Gasteiger partial charge in [0.25, 0.3) is 0 Å². The lowest BCUT2D eigenvalue weighted by Crippen LogP contribution is -2.11. The Kier molecular flexibility index (Phi) is 6.54. The third kappa shape index (κ3) is 4.37. The van der Waals surface area contributed by atoms with Gasteiger partial charge in [-0.25, -0.2) is 0 Å². The molecule has 2 aromatic rings. The molecule has 0 saturated heterocycles. The predicted molar refractivity (Wildman–Crippen MR) is 109 cm³/mol. The van der Waals surface area contributed by atoms with E-state index in [0.717, 1.165) is 10.5 Å². The Hall–Kier alpha value is -2.85. The van der Waals surface area contributed by atoms with E-state index < -0.39 is 0 Å². The van der Waals surface area contributed by atoms with Gasteiger partial charge in [0.05, 0.1) is 16.3 Å². The first-order valence-corrected chi connectivity index (χ1v) is 8.77. The summed E-state index contributed by atoms with van der Waals surface area (Å²) < 4.78 is 0. The topological polar surface area (TPSA) is 60.6 Å². The minimum absolute atomic E-state index is 0.376. The lowest BCUT2D eigenvalue weighted by molar-refractivity contribution is 1.27. The molecule has 126 valence electrons. The van der Waals surface area contributed by atoms with Crippen LogP contribution in [0.5, 0.6) is 0 Å². The molecule has 2 N–H and O–H groups in total. The van der Waals surface area contributed by atoms with Crippen molar-refractivity contribution in [3.63, 3.8) is 0 Å². The monoisotopic (exact) mass is 347 g/mol. The van der Waals surface area contributed by atoms with Gasteiger partial charge in [0.1, 0.15) is 0 Å². The minimum Gasteiger partial charge on any atom is -0.305 e. The Morgan fingerprint density at radius 2 is 2.00 bits per heavy atom. The van der Waals surface area contributed by atoms with Gasteiger partial charge in [0.2, 0.25) is 0 Å². The first-order chi connectivity index (χ1) is 12.1. The van der Waals surface area contributed by atoms with Crippen LogP contribution in [0.4, 0.5) is 0 Å². The summed E-state index contributed by atoms with van der Waals surface area (Å²) in [7, 11) is 0. The van der Waals surface area contributed by atoms with Gasteiger partial charge in [0.15, 0.2) is 0 Å². The SMILES string of the molecule is C=C\C=C/C(=C\C)C(/C(=N)c1cccs1)=C(/C(C)=N)c1ccccn1. The lowest BCUT2D eigenvalue weighted by atomic mass is 9.89. The number of hydrogen-bond donors (Lipinski definition) is 2. The lowest BCUT2D eigenvalue weighted by Gasteiger charge is -2.16. The number of nitrogens with one attached hydrogen (secondary N) is 2. The second kappa shape index (κ2) is 8.85. The molecular weight excluding hydrogens is 326 g/mol. The molecule has 0 aromatic carbocycles. The van der Waals surface area contributed by atoms with Gasteiger partial charge in [-0.15, -0.1) is 11.3 Å². The highest BCUT2D eigenvalue weighted by Crippen LogP contribution is 2.29. The summed E-state index contributed by atoms with van der Waals surface area (Å²) in [5.41, 5.74) is 3.70. The number of thiophene rings is 1.